The molecule has 0 saturated heterocycles. The SMILES string of the molecule is O=C1Nc2ccc(NS(=O)(=O)c3cccc(Cl)c3)cc2C12CCCC2. The van der Waals surface area contributed by atoms with Crippen molar-refractivity contribution in [3.05, 3.63) is 53.1 Å². The lowest BCUT2D eigenvalue weighted by Gasteiger charge is -2.21. The van der Waals surface area contributed by atoms with Gasteiger partial charge in [0.1, 0.15) is 0 Å². The first-order valence-electron chi connectivity index (χ1n) is 8.15. The summed E-state index contributed by atoms with van der Waals surface area (Å²) in [6.07, 6.45) is 3.61. The number of carbonyl (C=O) groups is 1. The molecule has 1 spiro atoms. The number of halogens is 1. The van der Waals surface area contributed by atoms with E-state index >= 15 is 0 Å². The van der Waals surface area contributed by atoms with E-state index in [-0.39, 0.29) is 10.8 Å². The van der Waals surface area contributed by atoms with Crippen molar-refractivity contribution in [2.75, 3.05) is 10.0 Å². The summed E-state index contributed by atoms with van der Waals surface area (Å²) < 4.78 is 27.7. The highest BCUT2D eigenvalue weighted by atomic mass is 35.5. The van der Waals surface area contributed by atoms with Crippen LogP contribution in [-0.2, 0) is 20.2 Å². The number of hydrogen-bond donors (Lipinski definition) is 2. The molecule has 0 aromatic heterocycles. The van der Waals surface area contributed by atoms with Gasteiger partial charge < -0.3 is 5.32 Å². The van der Waals surface area contributed by atoms with Gasteiger partial charge in [-0.25, -0.2) is 8.42 Å². The fourth-order valence-corrected chi connectivity index (χ4v) is 5.15. The molecule has 2 aliphatic rings. The van der Waals surface area contributed by atoms with Gasteiger partial charge in [-0.2, -0.15) is 0 Å². The van der Waals surface area contributed by atoms with Gasteiger partial charge in [-0.3, -0.25) is 9.52 Å². The monoisotopic (exact) mass is 376 g/mol. The fourth-order valence-electron chi connectivity index (χ4n) is 3.80. The van der Waals surface area contributed by atoms with E-state index in [9.17, 15) is 13.2 Å². The van der Waals surface area contributed by atoms with E-state index in [4.69, 9.17) is 11.6 Å². The molecule has 5 nitrogen and oxygen atoms in total. The first kappa shape index (κ1) is 16.4. The zero-order chi connectivity index (χ0) is 17.7. The van der Waals surface area contributed by atoms with Crippen molar-refractivity contribution < 1.29 is 13.2 Å². The second kappa shape index (κ2) is 5.75. The van der Waals surface area contributed by atoms with Crippen LogP contribution < -0.4 is 10.0 Å². The number of rotatable bonds is 3. The molecular weight excluding hydrogens is 360 g/mol. The van der Waals surface area contributed by atoms with Crippen LogP contribution in [0.2, 0.25) is 5.02 Å². The number of amides is 1. The molecule has 0 radical (unpaired) electrons. The Bertz CT molecular complexity index is 966. The molecule has 0 bridgehead atoms. The van der Waals surface area contributed by atoms with Crippen molar-refractivity contribution in [2.45, 2.75) is 36.0 Å². The topological polar surface area (TPSA) is 75.3 Å². The van der Waals surface area contributed by atoms with Gasteiger partial charge in [-0.05, 0) is 54.8 Å². The van der Waals surface area contributed by atoms with Crippen molar-refractivity contribution in [3.8, 4) is 0 Å². The number of nitrogens with one attached hydrogen (secondary N) is 2. The lowest BCUT2D eigenvalue weighted by atomic mass is 9.80. The number of sulfonamides is 1. The number of benzene rings is 2. The summed E-state index contributed by atoms with van der Waals surface area (Å²) in [6.45, 7) is 0. The van der Waals surface area contributed by atoms with Crippen LogP contribution in [0, 0.1) is 0 Å². The van der Waals surface area contributed by atoms with Crippen LogP contribution in [-0.4, -0.2) is 14.3 Å². The molecule has 7 heteroatoms. The fraction of sp³-hybridized carbons (Fsp3) is 0.278. The second-order valence-electron chi connectivity index (χ2n) is 6.57. The molecule has 130 valence electrons. The van der Waals surface area contributed by atoms with Crippen molar-refractivity contribution in [2.24, 2.45) is 0 Å². The normalized spacial score (nSPS) is 18.2. The van der Waals surface area contributed by atoms with Gasteiger partial charge in [0.05, 0.1) is 10.3 Å². The van der Waals surface area contributed by atoms with E-state index in [1.54, 1.807) is 30.3 Å². The molecule has 4 rings (SSSR count). The Balaban J connectivity index is 1.70. The minimum absolute atomic E-state index is 0.0230. The summed E-state index contributed by atoms with van der Waals surface area (Å²) >= 11 is 5.89. The van der Waals surface area contributed by atoms with E-state index in [2.05, 4.69) is 10.0 Å². The Kier molecular flexibility index (Phi) is 3.77. The Labute approximate surface area is 151 Å². The molecule has 1 heterocycles. The molecule has 0 unspecified atom stereocenters. The van der Waals surface area contributed by atoms with Crippen LogP contribution in [0.4, 0.5) is 11.4 Å². The molecule has 2 aromatic carbocycles. The van der Waals surface area contributed by atoms with Crippen molar-refractivity contribution in [1.29, 1.82) is 0 Å². The summed E-state index contributed by atoms with van der Waals surface area (Å²) in [5.74, 6) is 0.0230. The van der Waals surface area contributed by atoms with Crippen molar-refractivity contribution in [1.82, 2.24) is 0 Å². The predicted molar refractivity (Wildman–Crippen MR) is 97.5 cm³/mol. The summed E-state index contributed by atoms with van der Waals surface area (Å²) in [6, 6.07) is 11.3. The van der Waals surface area contributed by atoms with Gasteiger partial charge >= 0.3 is 0 Å². The Morgan fingerprint density at radius 2 is 1.84 bits per heavy atom. The number of hydrogen-bond acceptors (Lipinski definition) is 3. The van der Waals surface area contributed by atoms with Crippen molar-refractivity contribution >= 4 is 38.9 Å². The maximum atomic E-state index is 12.6. The van der Waals surface area contributed by atoms with Crippen LogP contribution in [0.15, 0.2) is 47.4 Å². The maximum absolute atomic E-state index is 12.6. The molecule has 25 heavy (non-hydrogen) atoms. The highest BCUT2D eigenvalue weighted by Crippen LogP contribution is 2.49. The molecule has 2 N–H and O–H groups in total. The van der Waals surface area contributed by atoms with E-state index in [0.29, 0.717) is 10.7 Å². The summed E-state index contributed by atoms with van der Waals surface area (Å²) in [4.78, 5) is 12.5. The largest absolute Gasteiger partial charge is 0.325 e. The van der Waals surface area contributed by atoms with Gasteiger partial charge in [0.15, 0.2) is 0 Å². The van der Waals surface area contributed by atoms with Gasteiger partial charge in [-0.15, -0.1) is 0 Å². The minimum Gasteiger partial charge on any atom is -0.325 e. The molecule has 1 fully saturated rings. The molecule has 0 atom stereocenters. The second-order valence-corrected chi connectivity index (χ2v) is 8.69. The van der Waals surface area contributed by atoms with Crippen LogP contribution in [0.3, 0.4) is 0 Å². The zero-order valence-electron chi connectivity index (χ0n) is 13.4. The summed E-state index contributed by atoms with van der Waals surface area (Å²) in [7, 11) is -3.74. The number of anilines is 2. The zero-order valence-corrected chi connectivity index (χ0v) is 15.0. The summed E-state index contributed by atoms with van der Waals surface area (Å²) in [5, 5.41) is 3.28. The maximum Gasteiger partial charge on any atom is 0.261 e. The third-order valence-electron chi connectivity index (χ3n) is 5.03. The van der Waals surface area contributed by atoms with Gasteiger partial charge in [0.25, 0.3) is 10.0 Å². The highest BCUT2D eigenvalue weighted by molar-refractivity contribution is 7.92. The third kappa shape index (κ3) is 2.69. The number of fused-ring (bicyclic) bond motifs is 2. The average Bonchev–Trinajstić information content (AvgIpc) is 3.16. The van der Waals surface area contributed by atoms with Crippen LogP contribution in [0.25, 0.3) is 0 Å². The first-order chi connectivity index (χ1) is 11.9. The van der Waals surface area contributed by atoms with Crippen LogP contribution in [0.5, 0.6) is 0 Å². The molecule has 1 saturated carbocycles. The molecule has 1 amide bonds. The Morgan fingerprint density at radius 1 is 1.08 bits per heavy atom. The van der Waals surface area contributed by atoms with E-state index in [1.807, 2.05) is 0 Å². The standard InChI is InChI=1S/C18H17ClN2O3S/c19-12-4-3-5-14(10-12)25(23,24)21-13-6-7-16-15(11-13)18(17(22)20-16)8-1-2-9-18/h3-7,10-11,21H,1-2,8-9H2,(H,20,22). The number of carbonyl (C=O) groups excluding carboxylic acids is 1. The van der Waals surface area contributed by atoms with E-state index < -0.39 is 15.4 Å². The molecule has 1 aliphatic carbocycles. The van der Waals surface area contributed by atoms with Crippen LogP contribution in [0.1, 0.15) is 31.2 Å². The van der Waals surface area contributed by atoms with Crippen molar-refractivity contribution in [3.63, 3.8) is 0 Å². The lowest BCUT2D eigenvalue weighted by molar-refractivity contribution is -0.120. The molecular formula is C18H17ClN2O3S. The first-order valence-corrected chi connectivity index (χ1v) is 10.0. The smallest absolute Gasteiger partial charge is 0.261 e. The highest BCUT2D eigenvalue weighted by Gasteiger charge is 2.48. The third-order valence-corrected chi connectivity index (χ3v) is 6.65. The molecule has 1 aliphatic heterocycles. The van der Waals surface area contributed by atoms with Gasteiger partial charge in [0.2, 0.25) is 5.91 Å². The Morgan fingerprint density at radius 3 is 2.56 bits per heavy atom. The lowest BCUT2D eigenvalue weighted by Crippen LogP contribution is -2.31. The predicted octanol–water partition coefficient (Wildman–Crippen LogP) is 3.90. The molecule has 2 aromatic rings. The summed E-state index contributed by atoms with van der Waals surface area (Å²) in [5.41, 5.74) is 1.60. The average molecular weight is 377 g/mol. The van der Waals surface area contributed by atoms with Crippen LogP contribution >= 0.6 is 11.6 Å². The van der Waals surface area contributed by atoms with E-state index in [0.717, 1.165) is 36.9 Å². The Hall–Kier alpha value is -2.05. The minimum atomic E-state index is -3.74. The quantitative estimate of drug-likeness (QED) is 0.852. The van der Waals surface area contributed by atoms with Gasteiger partial charge in [-0.1, -0.05) is 30.5 Å². The van der Waals surface area contributed by atoms with E-state index in [1.165, 1.54) is 12.1 Å². The van der Waals surface area contributed by atoms with Gasteiger partial charge in [0, 0.05) is 16.4 Å².